The Balaban J connectivity index is 1.87. The Morgan fingerprint density at radius 1 is 1.17 bits per heavy atom. The van der Waals surface area contributed by atoms with E-state index in [9.17, 15) is 14.4 Å². The molecule has 1 heterocycles. The number of rotatable bonds is 6. The summed E-state index contributed by atoms with van der Waals surface area (Å²) in [5.74, 6) is -0.551. The van der Waals surface area contributed by atoms with Gasteiger partial charge in [-0.25, -0.2) is 9.78 Å². The molecule has 1 aromatic heterocycles. The first-order valence-corrected chi connectivity index (χ1v) is 9.86. The number of urea groups is 1. The van der Waals surface area contributed by atoms with Crippen LogP contribution in [-0.4, -0.2) is 41.6 Å². The predicted molar refractivity (Wildman–Crippen MR) is 110 cm³/mol. The molecule has 2 aromatic rings. The summed E-state index contributed by atoms with van der Waals surface area (Å²) in [7, 11) is 1.60. The lowest BCUT2D eigenvalue weighted by molar-refractivity contribution is -0.153. The van der Waals surface area contributed by atoms with Gasteiger partial charge in [-0.2, -0.15) is 0 Å². The van der Waals surface area contributed by atoms with Gasteiger partial charge < -0.3 is 14.8 Å². The number of hydrogen-bond acceptors (Lipinski definition) is 7. The first-order valence-electron chi connectivity index (χ1n) is 8.98. The van der Waals surface area contributed by atoms with Gasteiger partial charge in [0.1, 0.15) is 10.8 Å². The van der Waals surface area contributed by atoms with Crippen molar-refractivity contribution in [1.29, 1.82) is 0 Å². The molecule has 3 amide bonds. The molecule has 0 aliphatic heterocycles. The molecule has 2 rings (SSSR count). The maximum atomic E-state index is 12.1. The Morgan fingerprint density at radius 3 is 2.41 bits per heavy atom. The fourth-order valence-corrected chi connectivity index (χ4v) is 3.11. The Labute approximate surface area is 173 Å². The predicted octanol–water partition coefficient (Wildman–Crippen LogP) is 2.92. The van der Waals surface area contributed by atoms with Gasteiger partial charge >= 0.3 is 12.0 Å². The highest BCUT2D eigenvalue weighted by atomic mass is 32.1. The van der Waals surface area contributed by atoms with E-state index >= 15 is 0 Å². The van der Waals surface area contributed by atoms with Crippen LogP contribution in [0.1, 0.15) is 33.4 Å². The number of esters is 1. The standard InChI is InChI=1S/C20H25N3O5S/c1-12(17(25)22-19(26)23-20(2,3)4)28-16(24)10-14-11-29-18(21-14)13-6-8-15(27-5)9-7-13/h6-9,11-12H,10H2,1-5H3,(H2,22,23,25,26)/t12-/m1/s1. The van der Waals surface area contributed by atoms with Crippen LogP contribution in [0.5, 0.6) is 5.75 Å². The second-order valence-electron chi connectivity index (χ2n) is 7.37. The van der Waals surface area contributed by atoms with Gasteiger partial charge in [-0.3, -0.25) is 14.9 Å². The van der Waals surface area contributed by atoms with Crippen LogP contribution in [0.25, 0.3) is 10.6 Å². The van der Waals surface area contributed by atoms with Crippen molar-refractivity contribution in [3.05, 3.63) is 35.3 Å². The Hall–Kier alpha value is -2.94. The van der Waals surface area contributed by atoms with Gasteiger partial charge in [0.15, 0.2) is 6.10 Å². The third-order valence-electron chi connectivity index (χ3n) is 3.62. The SMILES string of the molecule is COc1ccc(-c2nc(CC(=O)O[C@H](C)C(=O)NC(=O)NC(C)(C)C)cs2)cc1. The number of hydrogen-bond donors (Lipinski definition) is 2. The van der Waals surface area contributed by atoms with Crippen LogP contribution in [-0.2, 0) is 20.7 Å². The smallest absolute Gasteiger partial charge is 0.321 e. The van der Waals surface area contributed by atoms with Crippen molar-refractivity contribution in [2.24, 2.45) is 0 Å². The molecule has 9 heteroatoms. The zero-order valence-electron chi connectivity index (χ0n) is 17.1. The molecule has 0 radical (unpaired) electrons. The van der Waals surface area contributed by atoms with Crippen molar-refractivity contribution in [1.82, 2.24) is 15.6 Å². The van der Waals surface area contributed by atoms with Crippen LogP contribution in [0.3, 0.4) is 0 Å². The summed E-state index contributed by atoms with van der Waals surface area (Å²) in [6, 6.07) is 6.79. The second kappa shape index (κ2) is 9.51. The molecule has 0 aliphatic rings. The summed E-state index contributed by atoms with van der Waals surface area (Å²) in [4.78, 5) is 40.3. The normalized spacial score (nSPS) is 12.0. The largest absolute Gasteiger partial charge is 0.497 e. The number of aromatic nitrogens is 1. The van der Waals surface area contributed by atoms with Crippen LogP contribution in [0.4, 0.5) is 4.79 Å². The molecule has 0 spiro atoms. The topological polar surface area (TPSA) is 107 Å². The van der Waals surface area contributed by atoms with Gasteiger partial charge in [0.2, 0.25) is 0 Å². The third kappa shape index (κ3) is 7.19. The third-order valence-corrected chi connectivity index (χ3v) is 4.56. The molecule has 2 N–H and O–H groups in total. The van der Waals surface area contributed by atoms with Gasteiger partial charge in [0, 0.05) is 16.5 Å². The Kier molecular flexibility index (Phi) is 7.33. The highest BCUT2D eigenvalue weighted by Crippen LogP contribution is 2.26. The number of amides is 3. The van der Waals surface area contributed by atoms with E-state index in [0.29, 0.717) is 5.69 Å². The zero-order valence-corrected chi connectivity index (χ0v) is 17.9. The van der Waals surface area contributed by atoms with E-state index in [4.69, 9.17) is 9.47 Å². The summed E-state index contributed by atoms with van der Waals surface area (Å²) in [6.45, 7) is 6.76. The first-order chi connectivity index (χ1) is 13.6. The lowest BCUT2D eigenvalue weighted by atomic mass is 10.1. The Morgan fingerprint density at radius 2 is 1.83 bits per heavy atom. The number of carbonyl (C=O) groups is 3. The van der Waals surface area contributed by atoms with Crippen LogP contribution in [0.2, 0.25) is 0 Å². The number of benzene rings is 1. The van der Waals surface area contributed by atoms with E-state index in [1.807, 2.05) is 24.3 Å². The van der Waals surface area contributed by atoms with Crippen molar-refractivity contribution >= 4 is 29.2 Å². The number of nitrogens with one attached hydrogen (secondary N) is 2. The van der Waals surface area contributed by atoms with Crippen LogP contribution in [0, 0.1) is 0 Å². The van der Waals surface area contributed by atoms with Crippen molar-refractivity contribution in [3.63, 3.8) is 0 Å². The number of thiazole rings is 1. The molecule has 156 valence electrons. The summed E-state index contributed by atoms with van der Waals surface area (Å²) in [5.41, 5.74) is 0.966. The molecule has 1 atom stereocenters. The minimum absolute atomic E-state index is 0.0710. The second-order valence-corrected chi connectivity index (χ2v) is 8.23. The van der Waals surface area contributed by atoms with Crippen LogP contribution in [0.15, 0.2) is 29.6 Å². The number of imide groups is 1. The van der Waals surface area contributed by atoms with Crippen molar-refractivity contribution < 1.29 is 23.9 Å². The van der Waals surface area contributed by atoms with E-state index in [1.54, 1.807) is 33.3 Å². The van der Waals surface area contributed by atoms with E-state index in [-0.39, 0.29) is 6.42 Å². The summed E-state index contributed by atoms with van der Waals surface area (Å²) >= 11 is 1.41. The molecule has 0 saturated carbocycles. The number of methoxy groups -OCH3 is 1. The summed E-state index contributed by atoms with van der Waals surface area (Å²) in [5, 5.41) is 7.28. The van der Waals surface area contributed by atoms with Gasteiger partial charge in [-0.1, -0.05) is 0 Å². The minimum atomic E-state index is -1.10. The van der Waals surface area contributed by atoms with Gasteiger partial charge in [-0.05, 0) is 52.0 Å². The van der Waals surface area contributed by atoms with Gasteiger partial charge in [-0.15, -0.1) is 11.3 Å². The Bertz CT molecular complexity index is 871. The highest BCUT2D eigenvalue weighted by molar-refractivity contribution is 7.13. The minimum Gasteiger partial charge on any atom is -0.497 e. The van der Waals surface area contributed by atoms with E-state index in [1.165, 1.54) is 18.3 Å². The summed E-state index contributed by atoms with van der Waals surface area (Å²) in [6.07, 6.45) is -1.17. The monoisotopic (exact) mass is 419 g/mol. The molecule has 0 saturated heterocycles. The number of ether oxygens (including phenoxy) is 2. The quantitative estimate of drug-likeness (QED) is 0.697. The van der Waals surface area contributed by atoms with Crippen molar-refractivity contribution in [3.8, 4) is 16.3 Å². The van der Waals surface area contributed by atoms with E-state index in [2.05, 4.69) is 15.6 Å². The van der Waals surface area contributed by atoms with Gasteiger partial charge in [0.25, 0.3) is 5.91 Å². The molecule has 8 nitrogen and oxygen atoms in total. The summed E-state index contributed by atoms with van der Waals surface area (Å²) < 4.78 is 10.2. The fraction of sp³-hybridized carbons (Fsp3) is 0.400. The molecular formula is C20H25N3O5S. The fourth-order valence-electron chi connectivity index (χ4n) is 2.28. The first kappa shape index (κ1) is 22.4. The lowest BCUT2D eigenvalue weighted by Gasteiger charge is -2.21. The molecule has 1 aromatic carbocycles. The zero-order chi connectivity index (χ0) is 21.6. The maximum Gasteiger partial charge on any atom is 0.321 e. The van der Waals surface area contributed by atoms with E-state index < -0.39 is 29.6 Å². The van der Waals surface area contributed by atoms with Crippen molar-refractivity contribution in [2.45, 2.75) is 45.8 Å². The average molecular weight is 420 g/mol. The lowest BCUT2D eigenvalue weighted by Crippen LogP contribution is -2.50. The van der Waals surface area contributed by atoms with Gasteiger partial charge in [0.05, 0.1) is 19.2 Å². The molecule has 0 fully saturated rings. The molecule has 0 unspecified atom stereocenters. The van der Waals surface area contributed by atoms with E-state index in [0.717, 1.165) is 16.3 Å². The van der Waals surface area contributed by atoms with Crippen molar-refractivity contribution in [2.75, 3.05) is 7.11 Å². The number of nitrogens with zero attached hydrogens (tertiary/aromatic N) is 1. The average Bonchev–Trinajstić information content (AvgIpc) is 3.08. The molecule has 29 heavy (non-hydrogen) atoms. The molecule has 0 bridgehead atoms. The maximum absolute atomic E-state index is 12.1. The highest BCUT2D eigenvalue weighted by Gasteiger charge is 2.22. The number of carbonyl (C=O) groups excluding carboxylic acids is 3. The molecule has 0 aliphatic carbocycles. The van der Waals surface area contributed by atoms with Crippen LogP contribution >= 0.6 is 11.3 Å². The van der Waals surface area contributed by atoms with Crippen LogP contribution < -0.4 is 15.4 Å². The molecular weight excluding hydrogens is 394 g/mol.